The maximum absolute atomic E-state index is 12.4. The highest BCUT2D eigenvalue weighted by atomic mass is 32.1. The van der Waals surface area contributed by atoms with Crippen molar-refractivity contribution in [3.05, 3.63) is 21.9 Å². The SMILES string of the molecule is O=C1CC(c2ccc(C(F)(F)F)s2)CC(=O)O1. The van der Waals surface area contributed by atoms with Gasteiger partial charge in [0, 0.05) is 10.8 Å². The van der Waals surface area contributed by atoms with E-state index in [1.807, 2.05) is 0 Å². The zero-order valence-corrected chi connectivity index (χ0v) is 9.23. The summed E-state index contributed by atoms with van der Waals surface area (Å²) in [4.78, 5) is 21.7. The average molecular weight is 264 g/mol. The van der Waals surface area contributed by atoms with Crippen LogP contribution in [0.5, 0.6) is 0 Å². The van der Waals surface area contributed by atoms with Gasteiger partial charge in [0.1, 0.15) is 4.88 Å². The molecule has 0 unspecified atom stereocenters. The van der Waals surface area contributed by atoms with Gasteiger partial charge < -0.3 is 4.74 Å². The van der Waals surface area contributed by atoms with Crippen molar-refractivity contribution >= 4 is 23.3 Å². The highest BCUT2D eigenvalue weighted by Gasteiger charge is 2.35. The summed E-state index contributed by atoms with van der Waals surface area (Å²) in [6.07, 6.45) is -4.49. The molecular weight excluding hydrogens is 257 g/mol. The first-order valence-corrected chi connectivity index (χ1v) is 5.58. The van der Waals surface area contributed by atoms with Gasteiger partial charge in [0.15, 0.2) is 0 Å². The number of rotatable bonds is 1. The number of carbonyl (C=O) groups is 2. The van der Waals surface area contributed by atoms with Crippen molar-refractivity contribution < 1.29 is 27.5 Å². The second-order valence-corrected chi connectivity index (χ2v) is 4.77. The van der Waals surface area contributed by atoms with Gasteiger partial charge in [-0.15, -0.1) is 11.3 Å². The standard InChI is InChI=1S/C10H7F3O3S/c11-10(12,13)7-2-1-6(17-7)5-3-8(14)16-9(15)4-5/h1-2,5H,3-4H2. The van der Waals surface area contributed by atoms with Crippen LogP contribution in [-0.2, 0) is 20.5 Å². The number of carbonyl (C=O) groups excluding carboxylic acids is 2. The first-order valence-electron chi connectivity index (χ1n) is 4.76. The lowest BCUT2D eigenvalue weighted by atomic mass is 9.98. The van der Waals surface area contributed by atoms with Gasteiger partial charge in [0.05, 0.1) is 12.8 Å². The molecule has 0 N–H and O–H groups in total. The number of cyclic esters (lactones) is 2. The Bertz CT molecular complexity index is 448. The molecule has 0 aliphatic carbocycles. The fourth-order valence-electron chi connectivity index (χ4n) is 1.61. The van der Waals surface area contributed by atoms with Crippen LogP contribution in [0.3, 0.4) is 0 Å². The Morgan fingerprint density at radius 1 is 1.18 bits per heavy atom. The molecule has 1 aliphatic heterocycles. The molecule has 1 aromatic heterocycles. The highest BCUT2D eigenvalue weighted by molar-refractivity contribution is 7.12. The molecule has 17 heavy (non-hydrogen) atoms. The normalized spacial score (nSPS) is 18.3. The maximum Gasteiger partial charge on any atom is 0.425 e. The topological polar surface area (TPSA) is 43.4 Å². The Morgan fingerprint density at radius 3 is 2.24 bits per heavy atom. The number of esters is 2. The minimum atomic E-state index is -4.39. The number of halogens is 3. The Kier molecular flexibility index (Phi) is 2.94. The van der Waals surface area contributed by atoms with Gasteiger partial charge in [0.2, 0.25) is 0 Å². The monoisotopic (exact) mass is 264 g/mol. The van der Waals surface area contributed by atoms with Crippen LogP contribution in [0.4, 0.5) is 13.2 Å². The molecule has 92 valence electrons. The zero-order valence-electron chi connectivity index (χ0n) is 8.41. The molecule has 1 saturated heterocycles. The molecule has 0 aromatic carbocycles. The second-order valence-electron chi connectivity index (χ2n) is 3.65. The van der Waals surface area contributed by atoms with Gasteiger partial charge in [0.25, 0.3) is 0 Å². The van der Waals surface area contributed by atoms with Crippen LogP contribution in [0.1, 0.15) is 28.5 Å². The van der Waals surface area contributed by atoms with E-state index in [-0.39, 0.29) is 12.8 Å². The Balaban J connectivity index is 2.20. The summed E-state index contributed by atoms with van der Waals surface area (Å²) in [6, 6.07) is 2.27. The van der Waals surface area contributed by atoms with E-state index in [0.717, 1.165) is 6.07 Å². The number of thiophene rings is 1. The summed E-state index contributed by atoms with van der Waals surface area (Å²) < 4.78 is 41.4. The molecule has 0 amide bonds. The Labute approximate surface area is 98.2 Å². The molecule has 1 aromatic rings. The number of ether oxygens (including phenoxy) is 1. The number of alkyl halides is 3. The summed E-state index contributed by atoms with van der Waals surface area (Å²) in [5.74, 6) is -1.87. The van der Waals surface area contributed by atoms with Crippen LogP contribution in [0.2, 0.25) is 0 Å². The van der Waals surface area contributed by atoms with Crippen molar-refractivity contribution in [1.29, 1.82) is 0 Å². The van der Waals surface area contributed by atoms with Crippen LogP contribution in [0.25, 0.3) is 0 Å². The van der Waals surface area contributed by atoms with Gasteiger partial charge in [-0.2, -0.15) is 13.2 Å². The molecule has 0 atom stereocenters. The number of hydrogen-bond acceptors (Lipinski definition) is 4. The first kappa shape index (κ1) is 12.1. The fraction of sp³-hybridized carbons (Fsp3) is 0.400. The predicted molar refractivity (Wildman–Crippen MR) is 52.4 cm³/mol. The van der Waals surface area contributed by atoms with Crippen molar-refractivity contribution in [3.8, 4) is 0 Å². The van der Waals surface area contributed by atoms with Crippen molar-refractivity contribution in [2.75, 3.05) is 0 Å². The highest BCUT2D eigenvalue weighted by Crippen LogP contribution is 2.39. The zero-order chi connectivity index (χ0) is 12.6. The summed E-state index contributed by atoms with van der Waals surface area (Å²) >= 11 is 0.565. The van der Waals surface area contributed by atoms with Crippen molar-refractivity contribution in [1.82, 2.24) is 0 Å². The summed E-state index contributed by atoms with van der Waals surface area (Å²) in [5, 5.41) is 0. The Hall–Kier alpha value is -1.37. The van der Waals surface area contributed by atoms with Crippen LogP contribution >= 0.6 is 11.3 Å². The van der Waals surface area contributed by atoms with Gasteiger partial charge in [-0.3, -0.25) is 9.59 Å². The Morgan fingerprint density at radius 2 is 1.76 bits per heavy atom. The van der Waals surface area contributed by atoms with E-state index in [1.165, 1.54) is 6.07 Å². The van der Waals surface area contributed by atoms with Crippen LogP contribution in [0, 0.1) is 0 Å². The van der Waals surface area contributed by atoms with Crippen LogP contribution < -0.4 is 0 Å². The van der Waals surface area contributed by atoms with E-state index in [2.05, 4.69) is 4.74 Å². The largest absolute Gasteiger partial charge is 0.425 e. The third-order valence-electron chi connectivity index (χ3n) is 2.36. The molecule has 0 saturated carbocycles. The van der Waals surface area contributed by atoms with Gasteiger partial charge in [-0.25, -0.2) is 0 Å². The van der Waals surface area contributed by atoms with E-state index in [9.17, 15) is 22.8 Å². The average Bonchev–Trinajstić information content (AvgIpc) is 2.63. The molecular formula is C10H7F3O3S. The first-order chi connectivity index (χ1) is 7.86. The number of hydrogen-bond donors (Lipinski definition) is 0. The smallest absolute Gasteiger partial charge is 0.393 e. The fourth-order valence-corrected chi connectivity index (χ4v) is 2.59. The molecule has 0 bridgehead atoms. The van der Waals surface area contributed by atoms with Crippen LogP contribution in [0.15, 0.2) is 12.1 Å². The molecule has 1 fully saturated rings. The summed E-state index contributed by atoms with van der Waals surface area (Å²) in [5.41, 5.74) is 0. The van der Waals surface area contributed by atoms with Gasteiger partial charge in [-0.05, 0) is 12.1 Å². The van der Waals surface area contributed by atoms with Gasteiger partial charge >= 0.3 is 18.1 Å². The predicted octanol–water partition coefficient (Wildman–Crippen LogP) is 2.71. The lowest BCUT2D eigenvalue weighted by molar-refractivity contribution is -0.163. The van der Waals surface area contributed by atoms with E-state index < -0.39 is 28.9 Å². The van der Waals surface area contributed by atoms with E-state index in [4.69, 9.17) is 0 Å². The van der Waals surface area contributed by atoms with E-state index >= 15 is 0 Å². The molecule has 3 nitrogen and oxygen atoms in total. The lowest BCUT2D eigenvalue weighted by Crippen LogP contribution is -2.23. The summed E-state index contributed by atoms with van der Waals surface area (Å²) in [6.45, 7) is 0. The molecule has 2 heterocycles. The van der Waals surface area contributed by atoms with Crippen molar-refractivity contribution in [3.63, 3.8) is 0 Å². The molecule has 2 rings (SSSR count). The maximum atomic E-state index is 12.4. The van der Waals surface area contributed by atoms with E-state index in [0.29, 0.717) is 16.2 Å². The third-order valence-corrected chi connectivity index (χ3v) is 3.65. The van der Waals surface area contributed by atoms with Crippen molar-refractivity contribution in [2.24, 2.45) is 0 Å². The lowest BCUT2D eigenvalue weighted by Gasteiger charge is -2.18. The molecule has 1 aliphatic rings. The third kappa shape index (κ3) is 2.66. The van der Waals surface area contributed by atoms with Crippen molar-refractivity contribution in [2.45, 2.75) is 24.9 Å². The van der Waals surface area contributed by atoms with Gasteiger partial charge in [-0.1, -0.05) is 0 Å². The molecule has 0 spiro atoms. The molecule has 7 heteroatoms. The molecule has 0 radical (unpaired) electrons. The minimum absolute atomic E-state index is 0.0520. The second kappa shape index (κ2) is 4.14. The quantitative estimate of drug-likeness (QED) is 0.578. The van der Waals surface area contributed by atoms with Crippen LogP contribution in [-0.4, -0.2) is 11.9 Å². The summed E-state index contributed by atoms with van der Waals surface area (Å²) in [7, 11) is 0. The minimum Gasteiger partial charge on any atom is -0.393 e. The van der Waals surface area contributed by atoms with E-state index in [1.54, 1.807) is 0 Å².